The summed E-state index contributed by atoms with van der Waals surface area (Å²) in [6.07, 6.45) is 1.55. The third-order valence-electron chi connectivity index (χ3n) is 3.87. The zero-order valence-corrected chi connectivity index (χ0v) is 12.6. The molecule has 5 heteroatoms. The molecule has 0 spiro atoms. The van der Waals surface area contributed by atoms with Gasteiger partial charge in [0.15, 0.2) is 5.78 Å². The fourth-order valence-electron chi connectivity index (χ4n) is 3.01. The monoisotopic (exact) mass is 298 g/mol. The minimum absolute atomic E-state index is 0.0444. The molecule has 1 heterocycles. The van der Waals surface area contributed by atoms with E-state index in [1.165, 1.54) is 12.1 Å². The van der Waals surface area contributed by atoms with Crippen LogP contribution in [0.5, 0.6) is 0 Å². The molecule has 1 fully saturated rings. The van der Waals surface area contributed by atoms with Crippen LogP contribution in [0.3, 0.4) is 0 Å². The van der Waals surface area contributed by atoms with Gasteiger partial charge in [0.2, 0.25) is 0 Å². The predicted octanol–water partition coefficient (Wildman–Crippen LogP) is 3.27. The van der Waals surface area contributed by atoms with Crippen molar-refractivity contribution in [3.8, 4) is 0 Å². The molecule has 3 nitrogen and oxygen atoms in total. The van der Waals surface area contributed by atoms with E-state index in [1.54, 1.807) is 0 Å². The van der Waals surface area contributed by atoms with E-state index >= 15 is 0 Å². The van der Waals surface area contributed by atoms with Crippen LogP contribution in [0, 0.1) is 17.2 Å². The van der Waals surface area contributed by atoms with E-state index in [-0.39, 0.29) is 16.5 Å². The normalized spacial score (nSPS) is 22.4. The Morgan fingerprint density at radius 2 is 2.25 bits per heavy atom. The number of hydrogen-bond acceptors (Lipinski definition) is 3. The molecule has 0 amide bonds. The van der Waals surface area contributed by atoms with Gasteiger partial charge in [0.05, 0.1) is 10.7 Å². The number of nitrogens with one attached hydrogen (secondary N) is 1. The number of anilines is 1. The van der Waals surface area contributed by atoms with Crippen molar-refractivity contribution in [1.29, 1.82) is 0 Å². The molecule has 0 saturated carbocycles. The number of rotatable bonds is 4. The van der Waals surface area contributed by atoms with E-state index in [9.17, 15) is 9.18 Å². The van der Waals surface area contributed by atoms with Crippen LogP contribution in [-0.2, 0) is 0 Å². The first-order chi connectivity index (χ1) is 9.35. The average molecular weight is 299 g/mol. The van der Waals surface area contributed by atoms with E-state index in [2.05, 4.69) is 19.2 Å². The van der Waals surface area contributed by atoms with Crippen LogP contribution in [0.4, 0.5) is 10.1 Å². The topological polar surface area (TPSA) is 55.1 Å². The molecule has 0 unspecified atom stereocenters. The maximum atomic E-state index is 13.7. The molecule has 0 radical (unpaired) electrons. The molecular formula is C15H20ClFN2O. The van der Waals surface area contributed by atoms with Gasteiger partial charge < -0.3 is 11.1 Å². The van der Waals surface area contributed by atoms with Crippen LogP contribution in [-0.4, -0.2) is 18.9 Å². The third kappa shape index (κ3) is 2.81. The van der Waals surface area contributed by atoms with E-state index in [0.717, 1.165) is 19.4 Å². The quantitative estimate of drug-likeness (QED) is 0.662. The van der Waals surface area contributed by atoms with E-state index in [1.807, 2.05) is 0 Å². The summed E-state index contributed by atoms with van der Waals surface area (Å²) in [7, 11) is 0. The van der Waals surface area contributed by atoms with Gasteiger partial charge in [-0.2, -0.15) is 0 Å². The molecule has 1 aliphatic heterocycles. The summed E-state index contributed by atoms with van der Waals surface area (Å²) in [5, 5.41) is 3.33. The Bertz CT molecular complexity index is 502. The van der Waals surface area contributed by atoms with Crippen molar-refractivity contribution in [3.63, 3.8) is 0 Å². The highest BCUT2D eigenvalue weighted by molar-refractivity contribution is 6.33. The molecule has 0 aliphatic carbocycles. The van der Waals surface area contributed by atoms with Crippen LogP contribution in [0.15, 0.2) is 12.1 Å². The number of hydrogen-bond donors (Lipinski definition) is 2. The zero-order chi connectivity index (χ0) is 14.9. The van der Waals surface area contributed by atoms with Crippen molar-refractivity contribution < 1.29 is 9.18 Å². The molecule has 110 valence electrons. The fraction of sp³-hybridized carbons (Fsp3) is 0.533. The first-order valence-corrected chi connectivity index (χ1v) is 7.23. The van der Waals surface area contributed by atoms with Crippen molar-refractivity contribution in [3.05, 3.63) is 28.5 Å². The largest absolute Gasteiger partial charge is 0.395 e. The number of halogens is 2. The van der Waals surface area contributed by atoms with E-state index in [4.69, 9.17) is 17.3 Å². The Morgan fingerprint density at radius 1 is 1.55 bits per heavy atom. The summed E-state index contributed by atoms with van der Waals surface area (Å²) < 4.78 is 13.7. The van der Waals surface area contributed by atoms with Gasteiger partial charge in [-0.15, -0.1) is 0 Å². The summed E-state index contributed by atoms with van der Waals surface area (Å²) in [6.45, 7) is 5.62. The van der Waals surface area contributed by atoms with Crippen molar-refractivity contribution in [1.82, 2.24) is 5.32 Å². The number of Topliss-reactive ketones (excluding diaryl/α,β-unsaturated/α-hetero) is 1. The minimum atomic E-state index is -0.633. The van der Waals surface area contributed by atoms with E-state index < -0.39 is 11.2 Å². The summed E-state index contributed by atoms with van der Waals surface area (Å²) in [4.78, 5) is 12.8. The third-order valence-corrected chi connectivity index (χ3v) is 4.18. The molecule has 1 aliphatic rings. The number of ketones is 1. The van der Waals surface area contributed by atoms with Crippen molar-refractivity contribution in [2.75, 3.05) is 18.8 Å². The van der Waals surface area contributed by atoms with Crippen LogP contribution in [0.2, 0.25) is 5.02 Å². The summed E-state index contributed by atoms with van der Waals surface area (Å²) in [5.74, 6) is -0.281. The highest BCUT2D eigenvalue weighted by Gasteiger charge is 2.42. The Kier molecular flexibility index (Phi) is 4.35. The van der Waals surface area contributed by atoms with Crippen LogP contribution >= 0.6 is 11.6 Å². The van der Waals surface area contributed by atoms with Crippen molar-refractivity contribution in [2.24, 2.45) is 11.3 Å². The zero-order valence-electron chi connectivity index (χ0n) is 11.8. The van der Waals surface area contributed by atoms with Crippen molar-refractivity contribution >= 4 is 23.1 Å². The lowest BCUT2D eigenvalue weighted by molar-refractivity contribution is 0.0782. The number of carbonyl (C=O) groups excluding carboxylic acids is 1. The van der Waals surface area contributed by atoms with Gasteiger partial charge in [-0.25, -0.2) is 4.39 Å². The molecule has 1 atom stereocenters. The van der Waals surface area contributed by atoms with Gasteiger partial charge in [0, 0.05) is 17.5 Å². The fourth-order valence-corrected chi connectivity index (χ4v) is 3.22. The molecule has 0 bridgehead atoms. The number of carbonyl (C=O) groups is 1. The van der Waals surface area contributed by atoms with E-state index in [0.29, 0.717) is 18.0 Å². The van der Waals surface area contributed by atoms with Crippen LogP contribution < -0.4 is 11.1 Å². The second-order valence-electron chi connectivity index (χ2n) is 5.99. The highest BCUT2D eigenvalue weighted by atomic mass is 35.5. The smallest absolute Gasteiger partial charge is 0.170 e. The first kappa shape index (κ1) is 15.3. The lowest BCUT2D eigenvalue weighted by Crippen LogP contribution is -2.35. The Morgan fingerprint density at radius 3 is 2.75 bits per heavy atom. The molecule has 1 saturated heterocycles. The predicted molar refractivity (Wildman–Crippen MR) is 79.5 cm³/mol. The van der Waals surface area contributed by atoms with Gasteiger partial charge in [0.25, 0.3) is 0 Å². The molecule has 1 aromatic rings. The van der Waals surface area contributed by atoms with Gasteiger partial charge in [0.1, 0.15) is 5.82 Å². The van der Waals surface area contributed by atoms with Gasteiger partial charge >= 0.3 is 0 Å². The molecule has 20 heavy (non-hydrogen) atoms. The second-order valence-corrected chi connectivity index (χ2v) is 6.39. The average Bonchev–Trinajstić information content (AvgIpc) is 2.83. The first-order valence-electron chi connectivity index (χ1n) is 6.86. The van der Waals surface area contributed by atoms with Gasteiger partial charge in [-0.05, 0) is 37.4 Å². The van der Waals surface area contributed by atoms with Crippen molar-refractivity contribution in [2.45, 2.75) is 26.7 Å². The Labute approximate surface area is 123 Å². The molecule has 1 aromatic carbocycles. The summed E-state index contributed by atoms with van der Waals surface area (Å²) >= 11 is 5.89. The Hall–Kier alpha value is -1.13. The number of nitrogen functional groups attached to an aromatic ring is 1. The Balaban J connectivity index is 2.38. The highest BCUT2D eigenvalue weighted by Crippen LogP contribution is 2.37. The molecule has 3 N–H and O–H groups in total. The summed E-state index contributed by atoms with van der Waals surface area (Å²) in [6, 6.07) is 2.67. The maximum absolute atomic E-state index is 13.7. The standard InChI is InChI=1S/C15H20ClFN2O/c1-9(2)7-15(3-4-19-8-15)14(20)10-5-11(16)13(18)12(17)6-10/h5-6,9,19H,3-4,7-8,18H2,1-2H3/t15-/m1/s1. The molecule has 0 aromatic heterocycles. The molecule has 2 rings (SSSR count). The van der Waals surface area contributed by atoms with Crippen LogP contribution in [0.25, 0.3) is 0 Å². The van der Waals surface area contributed by atoms with Gasteiger partial charge in [-0.3, -0.25) is 4.79 Å². The maximum Gasteiger partial charge on any atom is 0.170 e. The van der Waals surface area contributed by atoms with Crippen LogP contribution in [0.1, 0.15) is 37.0 Å². The lowest BCUT2D eigenvalue weighted by atomic mass is 9.73. The molecular weight excluding hydrogens is 279 g/mol. The summed E-state index contributed by atoms with van der Waals surface area (Å²) in [5.41, 5.74) is 5.23. The number of nitrogens with two attached hydrogens (primary N) is 1. The second kappa shape index (κ2) is 5.70. The van der Waals surface area contributed by atoms with Gasteiger partial charge in [-0.1, -0.05) is 25.4 Å². The lowest BCUT2D eigenvalue weighted by Gasteiger charge is -2.28. The number of benzene rings is 1. The SMILES string of the molecule is CC(C)C[C@]1(C(=O)c2cc(F)c(N)c(Cl)c2)CCNC1. The minimum Gasteiger partial charge on any atom is -0.395 e.